The third-order valence-corrected chi connectivity index (χ3v) is 4.74. The van der Waals surface area contributed by atoms with Crippen molar-refractivity contribution < 1.29 is 4.74 Å². The molecule has 0 saturated heterocycles. The van der Waals surface area contributed by atoms with Gasteiger partial charge in [0.15, 0.2) is 0 Å². The molecule has 1 unspecified atom stereocenters. The van der Waals surface area contributed by atoms with Crippen molar-refractivity contribution in [1.82, 2.24) is 5.32 Å². The zero-order chi connectivity index (χ0) is 14.2. The number of fused-ring (bicyclic) bond motifs is 1. The number of hydrogen-bond acceptors (Lipinski definition) is 2. The van der Waals surface area contributed by atoms with Crippen molar-refractivity contribution in [1.29, 1.82) is 0 Å². The van der Waals surface area contributed by atoms with Crippen LogP contribution in [0.2, 0.25) is 0 Å². The molecule has 3 heteroatoms. The van der Waals surface area contributed by atoms with Crippen LogP contribution >= 0.6 is 15.9 Å². The van der Waals surface area contributed by atoms with Gasteiger partial charge in [-0.1, -0.05) is 28.9 Å². The van der Waals surface area contributed by atoms with Gasteiger partial charge in [0.2, 0.25) is 0 Å². The first-order valence-corrected chi connectivity index (χ1v) is 8.20. The van der Waals surface area contributed by atoms with Gasteiger partial charge in [-0.2, -0.15) is 0 Å². The Balaban J connectivity index is 1.79. The predicted molar refractivity (Wildman–Crippen MR) is 86.4 cm³/mol. The van der Waals surface area contributed by atoms with Crippen molar-refractivity contribution in [3.8, 4) is 5.75 Å². The molecule has 1 N–H and O–H groups in total. The summed E-state index contributed by atoms with van der Waals surface area (Å²) in [5.41, 5.74) is 2.70. The van der Waals surface area contributed by atoms with Crippen molar-refractivity contribution >= 4 is 15.9 Å². The maximum Gasteiger partial charge on any atom is 0.125 e. The number of nitrogens with one attached hydrogen (secondary N) is 1. The number of halogens is 1. The molecule has 1 aromatic rings. The Bertz CT molecular complexity index is 524. The lowest BCUT2D eigenvalue weighted by Crippen LogP contribution is -2.33. The predicted octanol–water partition coefficient (Wildman–Crippen LogP) is 3.87. The van der Waals surface area contributed by atoms with Crippen molar-refractivity contribution in [2.45, 2.75) is 38.6 Å². The fourth-order valence-electron chi connectivity index (χ4n) is 2.78. The summed E-state index contributed by atoms with van der Waals surface area (Å²) in [6.07, 6.45) is 6.72. The van der Waals surface area contributed by atoms with Gasteiger partial charge in [0.25, 0.3) is 0 Å². The monoisotopic (exact) mass is 335 g/mol. The summed E-state index contributed by atoms with van der Waals surface area (Å²) in [5.74, 6) is 1.10. The van der Waals surface area contributed by atoms with Gasteiger partial charge in [0.05, 0.1) is 6.61 Å². The third-order valence-electron chi connectivity index (χ3n) is 4.28. The maximum absolute atomic E-state index is 5.84. The van der Waals surface area contributed by atoms with E-state index in [2.05, 4.69) is 53.0 Å². The molecule has 1 atom stereocenters. The fourth-order valence-corrected chi connectivity index (χ4v) is 3.34. The van der Waals surface area contributed by atoms with Gasteiger partial charge in [-0.15, -0.1) is 6.58 Å². The van der Waals surface area contributed by atoms with Crippen LogP contribution in [0.4, 0.5) is 0 Å². The van der Waals surface area contributed by atoms with Crippen LogP contribution in [0.3, 0.4) is 0 Å². The van der Waals surface area contributed by atoms with Crippen molar-refractivity contribution in [2.24, 2.45) is 5.41 Å². The van der Waals surface area contributed by atoms with Crippen LogP contribution in [-0.4, -0.2) is 19.2 Å². The average Bonchev–Trinajstić information content (AvgIpc) is 3.13. The van der Waals surface area contributed by atoms with E-state index in [1.807, 2.05) is 0 Å². The summed E-state index contributed by atoms with van der Waals surface area (Å²) in [6, 6.07) is 5.11. The largest absolute Gasteiger partial charge is 0.493 e. The number of hydrogen-bond donors (Lipinski definition) is 1. The highest BCUT2D eigenvalue weighted by atomic mass is 79.9. The Hall–Kier alpha value is -0.800. The summed E-state index contributed by atoms with van der Waals surface area (Å²) in [4.78, 5) is 0. The van der Waals surface area contributed by atoms with Crippen molar-refractivity contribution in [3.63, 3.8) is 0 Å². The molecule has 0 radical (unpaired) electrons. The van der Waals surface area contributed by atoms with Crippen molar-refractivity contribution in [2.75, 3.05) is 13.2 Å². The van der Waals surface area contributed by atoms with Gasteiger partial charge >= 0.3 is 0 Å². The second-order valence-corrected chi connectivity index (χ2v) is 7.26. The summed E-state index contributed by atoms with van der Waals surface area (Å²) in [5, 5.41) is 3.63. The molecule has 108 valence electrons. The highest BCUT2D eigenvalue weighted by molar-refractivity contribution is 9.10. The van der Waals surface area contributed by atoms with Gasteiger partial charge in [-0.05, 0) is 42.5 Å². The minimum atomic E-state index is 0.0725. The SMILES string of the molecule is C=CC(C)(CNC1CC1)Cc1cc(Br)cc2c1OCC2. The molecule has 0 spiro atoms. The Kier molecular flexibility index (Phi) is 3.91. The van der Waals surface area contributed by atoms with Crippen molar-refractivity contribution in [3.05, 3.63) is 40.4 Å². The summed E-state index contributed by atoms with van der Waals surface area (Å²) >= 11 is 3.62. The topological polar surface area (TPSA) is 21.3 Å². The standard InChI is InChI=1S/C17H22BrNO/c1-3-17(2,11-19-15-4-5-15)10-13-9-14(18)8-12-6-7-20-16(12)13/h3,8-9,15,19H,1,4-7,10-11H2,2H3. The Morgan fingerprint density at radius 1 is 1.50 bits per heavy atom. The number of rotatable bonds is 6. The van der Waals surface area contributed by atoms with E-state index >= 15 is 0 Å². The smallest absolute Gasteiger partial charge is 0.125 e. The molecule has 0 aromatic heterocycles. The van der Waals surface area contributed by atoms with E-state index in [0.29, 0.717) is 0 Å². The summed E-state index contributed by atoms with van der Waals surface area (Å²) in [7, 11) is 0. The summed E-state index contributed by atoms with van der Waals surface area (Å²) < 4.78 is 6.99. The van der Waals surface area contributed by atoms with Crippen LogP contribution in [0, 0.1) is 5.41 Å². The van der Waals surface area contributed by atoms with Crippen LogP contribution in [0.1, 0.15) is 30.9 Å². The fraction of sp³-hybridized carbons (Fsp3) is 0.529. The lowest BCUT2D eigenvalue weighted by atomic mass is 9.83. The van der Waals surface area contributed by atoms with Gasteiger partial charge in [0, 0.05) is 28.9 Å². The van der Waals surface area contributed by atoms with E-state index in [1.54, 1.807) is 0 Å². The van der Waals surface area contributed by atoms with E-state index < -0.39 is 0 Å². The third kappa shape index (κ3) is 3.09. The maximum atomic E-state index is 5.84. The van der Waals surface area contributed by atoms with E-state index in [-0.39, 0.29) is 5.41 Å². The van der Waals surface area contributed by atoms with Gasteiger partial charge < -0.3 is 10.1 Å². The lowest BCUT2D eigenvalue weighted by Gasteiger charge is -2.27. The quantitative estimate of drug-likeness (QED) is 0.797. The summed E-state index contributed by atoms with van der Waals surface area (Å²) in [6.45, 7) is 8.12. The molecule has 1 aliphatic carbocycles. The molecule has 0 amide bonds. The number of ether oxygens (including phenoxy) is 1. The second-order valence-electron chi connectivity index (χ2n) is 6.34. The second kappa shape index (κ2) is 5.53. The first-order chi connectivity index (χ1) is 9.59. The highest BCUT2D eigenvalue weighted by Gasteiger charge is 2.29. The molecule has 20 heavy (non-hydrogen) atoms. The first-order valence-electron chi connectivity index (χ1n) is 7.41. The van der Waals surface area contributed by atoms with Crippen LogP contribution in [0.5, 0.6) is 5.75 Å². The van der Waals surface area contributed by atoms with E-state index in [0.717, 1.165) is 42.3 Å². The molecule has 2 aliphatic rings. The minimum absolute atomic E-state index is 0.0725. The minimum Gasteiger partial charge on any atom is -0.493 e. The zero-order valence-corrected chi connectivity index (χ0v) is 13.6. The van der Waals surface area contributed by atoms with Crippen LogP contribution in [0.15, 0.2) is 29.3 Å². The molecule has 0 bridgehead atoms. The first kappa shape index (κ1) is 14.2. The molecule has 1 saturated carbocycles. The normalized spacial score (nSPS) is 20.1. The highest BCUT2D eigenvalue weighted by Crippen LogP contribution is 2.37. The molecule has 1 aliphatic heterocycles. The molecule has 3 rings (SSSR count). The number of benzene rings is 1. The van der Waals surface area contributed by atoms with E-state index in [9.17, 15) is 0 Å². The van der Waals surface area contributed by atoms with Gasteiger partial charge in [0.1, 0.15) is 5.75 Å². The Morgan fingerprint density at radius 2 is 2.30 bits per heavy atom. The van der Waals surface area contributed by atoms with Gasteiger partial charge in [-0.3, -0.25) is 0 Å². The zero-order valence-electron chi connectivity index (χ0n) is 12.0. The average molecular weight is 336 g/mol. The Labute approximate surface area is 129 Å². The lowest BCUT2D eigenvalue weighted by molar-refractivity contribution is 0.341. The molecule has 2 nitrogen and oxygen atoms in total. The van der Waals surface area contributed by atoms with E-state index in [4.69, 9.17) is 4.74 Å². The van der Waals surface area contributed by atoms with Crippen LogP contribution < -0.4 is 10.1 Å². The van der Waals surface area contributed by atoms with Crippen LogP contribution in [-0.2, 0) is 12.8 Å². The van der Waals surface area contributed by atoms with Gasteiger partial charge in [-0.25, -0.2) is 0 Å². The van der Waals surface area contributed by atoms with Crippen LogP contribution in [0.25, 0.3) is 0 Å². The molecule has 1 fully saturated rings. The molecular formula is C17H22BrNO. The molecular weight excluding hydrogens is 314 g/mol. The molecule has 1 aromatic carbocycles. The molecule has 1 heterocycles. The Morgan fingerprint density at radius 3 is 3.00 bits per heavy atom. The van der Waals surface area contributed by atoms with E-state index in [1.165, 1.54) is 24.0 Å².